The molecule has 3 aromatic carbocycles. The predicted molar refractivity (Wildman–Crippen MR) is 170 cm³/mol. The van der Waals surface area contributed by atoms with E-state index in [1.54, 1.807) is 20.8 Å². The van der Waals surface area contributed by atoms with Crippen LogP contribution < -0.4 is 16.0 Å². The van der Waals surface area contributed by atoms with Gasteiger partial charge in [0.1, 0.15) is 23.6 Å². The molecule has 4 amide bonds. The summed E-state index contributed by atoms with van der Waals surface area (Å²) in [5.41, 5.74) is 2.58. The van der Waals surface area contributed by atoms with Gasteiger partial charge in [0, 0.05) is 37.7 Å². The van der Waals surface area contributed by atoms with Crippen LogP contribution >= 0.6 is 0 Å². The normalized spacial score (nSPS) is 15.3. The number of carbonyl (C=O) groups is 4. The SMILES string of the molecule is CC(C)(C)OC(=O)N1CCC(NC(=O)OCC2c3ccccc3-c3ccccc32)(C(=O)NCCNC(=O)c2ccc(F)cc2)CC1. The van der Waals surface area contributed by atoms with Gasteiger partial charge in [0.25, 0.3) is 5.91 Å². The molecule has 0 saturated carbocycles. The molecule has 1 saturated heterocycles. The number of likely N-dealkylation sites (tertiary alicyclic amines) is 1. The van der Waals surface area contributed by atoms with Crippen molar-refractivity contribution in [1.82, 2.24) is 20.9 Å². The third kappa shape index (κ3) is 7.47. The molecule has 2 aliphatic rings. The zero-order valence-electron chi connectivity index (χ0n) is 26.2. The Balaban J connectivity index is 1.23. The number of amides is 4. The van der Waals surface area contributed by atoms with Crippen molar-refractivity contribution in [3.63, 3.8) is 0 Å². The van der Waals surface area contributed by atoms with E-state index in [4.69, 9.17) is 9.47 Å². The van der Waals surface area contributed by atoms with Gasteiger partial charge in [-0.25, -0.2) is 14.0 Å². The molecule has 46 heavy (non-hydrogen) atoms. The number of piperidine rings is 1. The Bertz CT molecular complexity index is 1550. The molecule has 3 aromatic rings. The Morgan fingerprint density at radius 3 is 2.00 bits per heavy atom. The Morgan fingerprint density at radius 2 is 1.41 bits per heavy atom. The van der Waals surface area contributed by atoms with Gasteiger partial charge in [-0.2, -0.15) is 0 Å². The largest absolute Gasteiger partial charge is 0.449 e. The second-order valence-corrected chi connectivity index (χ2v) is 12.5. The standard InChI is InChI=1S/C35H39FN4O6/c1-34(2,3)46-33(44)40-20-16-35(17-21-40,31(42)38-19-18-37-30(41)23-12-14-24(36)15-13-23)39-32(43)45-22-29-27-10-6-4-8-25(27)26-9-5-7-11-28(26)29/h4-15,29H,16-22H2,1-3H3,(H,37,41)(H,38,42)(H,39,43). The van der Waals surface area contributed by atoms with E-state index in [1.807, 2.05) is 48.5 Å². The number of nitrogens with zero attached hydrogens (tertiary/aromatic N) is 1. The molecule has 10 nitrogen and oxygen atoms in total. The first kappa shape index (κ1) is 32.5. The van der Waals surface area contributed by atoms with Gasteiger partial charge in [-0.05, 0) is 80.1 Å². The molecule has 11 heteroatoms. The van der Waals surface area contributed by atoms with Crippen LogP contribution in [0.5, 0.6) is 0 Å². The lowest BCUT2D eigenvalue weighted by Crippen LogP contribution is -2.64. The van der Waals surface area contributed by atoms with Crippen LogP contribution in [0.3, 0.4) is 0 Å². The number of carbonyl (C=O) groups excluding carboxylic acids is 4. The molecular weight excluding hydrogens is 591 g/mol. The highest BCUT2D eigenvalue weighted by atomic mass is 19.1. The smallest absolute Gasteiger partial charge is 0.410 e. The van der Waals surface area contributed by atoms with Gasteiger partial charge in [0.05, 0.1) is 0 Å². The minimum Gasteiger partial charge on any atom is -0.449 e. The van der Waals surface area contributed by atoms with E-state index in [-0.39, 0.29) is 57.1 Å². The number of rotatable bonds is 8. The van der Waals surface area contributed by atoms with Crippen LogP contribution in [0.15, 0.2) is 72.8 Å². The van der Waals surface area contributed by atoms with E-state index in [9.17, 15) is 23.6 Å². The summed E-state index contributed by atoms with van der Waals surface area (Å²) < 4.78 is 24.4. The summed E-state index contributed by atoms with van der Waals surface area (Å²) in [5, 5.41) is 8.30. The van der Waals surface area contributed by atoms with Crippen molar-refractivity contribution < 1.29 is 33.0 Å². The molecule has 1 aliphatic heterocycles. The van der Waals surface area contributed by atoms with E-state index in [1.165, 1.54) is 29.2 Å². The van der Waals surface area contributed by atoms with Gasteiger partial charge in [-0.15, -0.1) is 0 Å². The second kappa shape index (κ2) is 13.6. The molecule has 0 aromatic heterocycles. The predicted octanol–water partition coefficient (Wildman–Crippen LogP) is 4.98. The number of fused-ring (bicyclic) bond motifs is 3. The molecule has 0 atom stereocenters. The fraction of sp³-hybridized carbons (Fsp3) is 0.371. The maximum absolute atomic E-state index is 13.6. The highest BCUT2D eigenvalue weighted by Gasteiger charge is 2.45. The monoisotopic (exact) mass is 630 g/mol. The molecule has 0 spiro atoms. The van der Waals surface area contributed by atoms with E-state index in [2.05, 4.69) is 16.0 Å². The van der Waals surface area contributed by atoms with Gasteiger partial charge < -0.3 is 30.3 Å². The first-order valence-electron chi connectivity index (χ1n) is 15.4. The summed E-state index contributed by atoms with van der Waals surface area (Å²) in [4.78, 5) is 53.5. The number of alkyl carbamates (subject to hydrolysis) is 1. The molecule has 1 fully saturated rings. The third-order valence-electron chi connectivity index (χ3n) is 8.19. The third-order valence-corrected chi connectivity index (χ3v) is 8.19. The number of ether oxygens (including phenoxy) is 2. The molecule has 0 unspecified atom stereocenters. The zero-order valence-corrected chi connectivity index (χ0v) is 26.2. The van der Waals surface area contributed by atoms with Crippen LogP contribution in [0, 0.1) is 5.82 Å². The average Bonchev–Trinajstić information content (AvgIpc) is 3.35. The molecule has 242 valence electrons. The number of hydrogen-bond donors (Lipinski definition) is 3. The Hall–Kier alpha value is -4.93. The van der Waals surface area contributed by atoms with Gasteiger partial charge in [-0.3, -0.25) is 9.59 Å². The highest BCUT2D eigenvalue weighted by Crippen LogP contribution is 2.44. The molecule has 0 radical (unpaired) electrons. The minimum absolute atomic E-state index is 0.0790. The molecule has 1 heterocycles. The Kier molecular flexibility index (Phi) is 9.60. The molecule has 0 bridgehead atoms. The van der Waals surface area contributed by atoms with E-state index >= 15 is 0 Å². The number of nitrogens with one attached hydrogen (secondary N) is 3. The van der Waals surface area contributed by atoms with Crippen molar-refractivity contribution in [2.75, 3.05) is 32.8 Å². The van der Waals surface area contributed by atoms with Crippen molar-refractivity contribution in [3.05, 3.63) is 95.3 Å². The van der Waals surface area contributed by atoms with Crippen molar-refractivity contribution >= 4 is 24.0 Å². The van der Waals surface area contributed by atoms with Crippen molar-refractivity contribution in [1.29, 1.82) is 0 Å². The number of benzene rings is 3. The van der Waals surface area contributed by atoms with E-state index in [0.29, 0.717) is 0 Å². The molecular formula is C35H39FN4O6. The lowest BCUT2D eigenvalue weighted by molar-refractivity contribution is -0.129. The summed E-state index contributed by atoms with van der Waals surface area (Å²) >= 11 is 0. The number of hydrogen-bond acceptors (Lipinski definition) is 6. The zero-order chi connectivity index (χ0) is 32.9. The van der Waals surface area contributed by atoms with Gasteiger partial charge in [-0.1, -0.05) is 48.5 Å². The maximum atomic E-state index is 13.6. The fourth-order valence-electron chi connectivity index (χ4n) is 5.86. The van der Waals surface area contributed by atoms with Crippen molar-refractivity contribution in [2.45, 2.75) is 50.7 Å². The summed E-state index contributed by atoms with van der Waals surface area (Å²) in [6.07, 6.45) is -0.979. The number of halogens is 1. The van der Waals surface area contributed by atoms with Crippen LogP contribution in [0.4, 0.5) is 14.0 Å². The molecule has 1 aliphatic carbocycles. The maximum Gasteiger partial charge on any atom is 0.410 e. The van der Waals surface area contributed by atoms with Gasteiger partial charge >= 0.3 is 12.2 Å². The van der Waals surface area contributed by atoms with E-state index < -0.39 is 41.0 Å². The van der Waals surface area contributed by atoms with Crippen LogP contribution in [0.25, 0.3) is 11.1 Å². The summed E-state index contributed by atoms with van der Waals surface area (Å²) in [5.74, 6) is -1.47. The van der Waals surface area contributed by atoms with Crippen LogP contribution in [-0.4, -0.2) is 72.8 Å². The first-order chi connectivity index (χ1) is 22.0. The Labute approximate surface area is 267 Å². The van der Waals surface area contributed by atoms with Gasteiger partial charge in [0.15, 0.2) is 0 Å². The molecule has 5 rings (SSSR count). The second-order valence-electron chi connectivity index (χ2n) is 12.5. The van der Waals surface area contributed by atoms with E-state index in [0.717, 1.165) is 22.3 Å². The summed E-state index contributed by atoms with van der Waals surface area (Å²) in [6.45, 7) is 5.95. The topological polar surface area (TPSA) is 126 Å². The van der Waals surface area contributed by atoms with Crippen LogP contribution in [0.1, 0.15) is 61.0 Å². The first-order valence-corrected chi connectivity index (χ1v) is 15.4. The summed E-state index contributed by atoms with van der Waals surface area (Å²) in [7, 11) is 0. The summed E-state index contributed by atoms with van der Waals surface area (Å²) in [6, 6.07) is 21.1. The van der Waals surface area contributed by atoms with Crippen molar-refractivity contribution in [2.24, 2.45) is 0 Å². The highest BCUT2D eigenvalue weighted by molar-refractivity contribution is 5.94. The average molecular weight is 631 g/mol. The van der Waals surface area contributed by atoms with Crippen LogP contribution in [-0.2, 0) is 14.3 Å². The quantitative estimate of drug-likeness (QED) is 0.302. The fourth-order valence-corrected chi connectivity index (χ4v) is 5.86. The minimum atomic E-state index is -1.36. The van der Waals surface area contributed by atoms with Gasteiger partial charge in [0.2, 0.25) is 5.91 Å². The Morgan fingerprint density at radius 1 is 0.848 bits per heavy atom. The van der Waals surface area contributed by atoms with Crippen LogP contribution in [0.2, 0.25) is 0 Å². The lowest BCUT2D eigenvalue weighted by atomic mass is 9.86. The van der Waals surface area contributed by atoms with Crippen molar-refractivity contribution in [3.8, 4) is 11.1 Å². The molecule has 3 N–H and O–H groups in total. The lowest BCUT2D eigenvalue weighted by Gasteiger charge is -2.41.